The van der Waals surface area contributed by atoms with Crippen molar-refractivity contribution in [2.45, 2.75) is 46.1 Å². The number of amidine groups is 1. The van der Waals surface area contributed by atoms with Crippen LogP contribution >= 0.6 is 0 Å². The third-order valence-corrected chi connectivity index (χ3v) is 2.83. The highest BCUT2D eigenvalue weighted by atomic mass is 16.4. The minimum absolute atomic E-state index is 0.212. The Balaban J connectivity index is 3.74. The van der Waals surface area contributed by atoms with Gasteiger partial charge in [0.1, 0.15) is 5.84 Å². The smallest absolute Gasteiger partial charge is 0.144 e. The first-order chi connectivity index (χ1) is 7.44. The lowest BCUT2D eigenvalue weighted by Crippen LogP contribution is -2.34. The lowest BCUT2D eigenvalue weighted by atomic mass is 9.86. The summed E-state index contributed by atoms with van der Waals surface area (Å²) in [6, 6.07) is 0.331. The minimum atomic E-state index is -0.267. The summed E-state index contributed by atoms with van der Waals surface area (Å²) in [5.41, 5.74) is 5.32. The second-order valence-corrected chi connectivity index (χ2v) is 4.84. The molecule has 0 rings (SSSR count). The molecule has 0 heterocycles. The van der Waals surface area contributed by atoms with Crippen LogP contribution in [0, 0.1) is 5.41 Å². The summed E-state index contributed by atoms with van der Waals surface area (Å²) in [6.45, 7) is 7.05. The van der Waals surface area contributed by atoms with E-state index in [4.69, 9.17) is 16.0 Å². The zero-order chi connectivity index (χ0) is 12.6. The van der Waals surface area contributed by atoms with Crippen LogP contribution in [0.15, 0.2) is 5.16 Å². The Morgan fingerprint density at radius 2 is 2.12 bits per heavy atom. The molecule has 96 valence electrons. The van der Waals surface area contributed by atoms with Crippen molar-refractivity contribution in [2.24, 2.45) is 16.3 Å². The van der Waals surface area contributed by atoms with Crippen LogP contribution < -0.4 is 11.1 Å². The number of nitrogens with two attached hydrogens (primary N) is 1. The molecule has 5 N–H and O–H groups in total. The van der Waals surface area contributed by atoms with E-state index >= 15 is 0 Å². The van der Waals surface area contributed by atoms with Crippen molar-refractivity contribution in [1.82, 2.24) is 5.32 Å². The number of hydrogen-bond donors (Lipinski definition) is 4. The number of nitrogens with one attached hydrogen (secondary N) is 1. The highest BCUT2D eigenvalue weighted by Gasteiger charge is 2.22. The van der Waals surface area contributed by atoms with Crippen LogP contribution in [0.25, 0.3) is 0 Å². The topological polar surface area (TPSA) is 90.9 Å². The van der Waals surface area contributed by atoms with Crippen LogP contribution in [0.1, 0.15) is 40.0 Å². The van der Waals surface area contributed by atoms with Crippen molar-refractivity contribution < 1.29 is 10.3 Å². The maximum atomic E-state index is 8.73. The third kappa shape index (κ3) is 5.92. The van der Waals surface area contributed by atoms with Gasteiger partial charge in [0.05, 0.1) is 0 Å². The molecular formula is C11H25N3O2. The van der Waals surface area contributed by atoms with Gasteiger partial charge in [0.2, 0.25) is 0 Å². The number of nitrogens with zero attached hydrogens (tertiary/aromatic N) is 1. The molecule has 1 unspecified atom stereocenters. The number of aliphatic hydroxyl groups is 1. The average Bonchev–Trinajstić information content (AvgIpc) is 2.23. The van der Waals surface area contributed by atoms with Gasteiger partial charge in [-0.15, -0.1) is 0 Å². The van der Waals surface area contributed by atoms with Crippen molar-refractivity contribution in [3.63, 3.8) is 0 Å². The molecule has 0 saturated heterocycles. The fourth-order valence-corrected chi connectivity index (χ4v) is 1.44. The van der Waals surface area contributed by atoms with Gasteiger partial charge in [0, 0.05) is 18.1 Å². The van der Waals surface area contributed by atoms with Crippen LogP contribution in [0.3, 0.4) is 0 Å². The zero-order valence-electron chi connectivity index (χ0n) is 10.5. The Bertz CT molecular complexity index is 217. The molecule has 16 heavy (non-hydrogen) atoms. The van der Waals surface area contributed by atoms with Crippen molar-refractivity contribution in [3.05, 3.63) is 0 Å². The molecule has 0 aliphatic heterocycles. The van der Waals surface area contributed by atoms with E-state index in [1.807, 2.05) is 20.8 Å². The van der Waals surface area contributed by atoms with Gasteiger partial charge in [-0.1, -0.05) is 19.0 Å². The molecule has 0 aliphatic rings. The first kappa shape index (κ1) is 15.2. The lowest BCUT2D eigenvalue weighted by Gasteiger charge is -2.23. The summed E-state index contributed by atoms with van der Waals surface area (Å²) in [5, 5.41) is 23.7. The van der Waals surface area contributed by atoms with Crippen LogP contribution in [-0.2, 0) is 0 Å². The van der Waals surface area contributed by atoms with E-state index in [0.717, 1.165) is 25.8 Å². The summed E-state index contributed by atoms with van der Waals surface area (Å²) >= 11 is 0. The van der Waals surface area contributed by atoms with Gasteiger partial charge in [-0.05, 0) is 32.7 Å². The second-order valence-electron chi connectivity index (χ2n) is 4.84. The molecule has 0 aromatic heterocycles. The molecular weight excluding hydrogens is 206 g/mol. The molecule has 0 aromatic rings. The molecule has 0 aromatic carbocycles. The van der Waals surface area contributed by atoms with E-state index in [-0.39, 0.29) is 17.9 Å². The third-order valence-electron chi connectivity index (χ3n) is 2.83. The number of hydrogen-bond acceptors (Lipinski definition) is 4. The SMILES string of the molecule is CC(CCO)NCCCC(C)(C)C(N)=NO. The number of aliphatic hydroxyl groups excluding tert-OH is 1. The van der Waals surface area contributed by atoms with E-state index in [9.17, 15) is 0 Å². The van der Waals surface area contributed by atoms with Gasteiger partial charge in [0.15, 0.2) is 0 Å². The predicted molar refractivity (Wildman–Crippen MR) is 65.6 cm³/mol. The van der Waals surface area contributed by atoms with E-state index in [1.54, 1.807) is 0 Å². The van der Waals surface area contributed by atoms with Gasteiger partial charge in [0.25, 0.3) is 0 Å². The minimum Gasteiger partial charge on any atom is -0.409 e. The summed E-state index contributed by atoms with van der Waals surface area (Å²) in [6.07, 6.45) is 2.59. The Kier molecular flexibility index (Phi) is 7.08. The highest BCUT2D eigenvalue weighted by Crippen LogP contribution is 2.21. The van der Waals surface area contributed by atoms with Crippen molar-refractivity contribution in [1.29, 1.82) is 0 Å². The molecule has 0 aliphatic carbocycles. The Morgan fingerprint density at radius 3 is 2.62 bits per heavy atom. The molecule has 0 spiro atoms. The van der Waals surface area contributed by atoms with Gasteiger partial charge in [-0.2, -0.15) is 0 Å². The second kappa shape index (κ2) is 7.46. The van der Waals surface area contributed by atoms with Crippen molar-refractivity contribution in [3.8, 4) is 0 Å². The summed E-state index contributed by atoms with van der Waals surface area (Å²) in [7, 11) is 0. The molecule has 0 saturated carbocycles. The molecule has 5 heteroatoms. The van der Waals surface area contributed by atoms with Gasteiger partial charge in [-0.25, -0.2) is 0 Å². The van der Waals surface area contributed by atoms with Crippen LogP contribution in [0.5, 0.6) is 0 Å². The first-order valence-corrected chi connectivity index (χ1v) is 5.76. The van der Waals surface area contributed by atoms with E-state index in [1.165, 1.54) is 0 Å². The number of rotatable bonds is 8. The van der Waals surface area contributed by atoms with Crippen LogP contribution in [0.2, 0.25) is 0 Å². The Morgan fingerprint density at radius 1 is 1.50 bits per heavy atom. The molecule has 0 fully saturated rings. The number of oxime groups is 1. The van der Waals surface area contributed by atoms with Crippen LogP contribution in [0.4, 0.5) is 0 Å². The normalized spacial score (nSPS) is 15.1. The predicted octanol–water partition coefficient (Wildman–Crippen LogP) is 0.900. The van der Waals surface area contributed by atoms with Gasteiger partial charge >= 0.3 is 0 Å². The largest absolute Gasteiger partial charge is 0.409 e. The lowest BCUT2D eigenvalue weighted by molar-refractivity contribution is 0.267. The standard InChI is InChI=1S/C11H25N3O2/c1-9(5-8-15)13-7-4-6-11(2,3)10(12)14-16/h9,13,15-16H,4-8H2,1-3H3,(H2,12,14). The zero-order valence-corrected chi connectivity index (χ0v) is 10.5. The van der Waals surface area contributed by atoms with Crippen molar-refractivity contribution >= 4 is 5.84 Å². The van der Waals surface area contributed by atoms with E-state index < -0.39 is 0 Å². The fraction of sp³-hybridized carbons (Fsp3) is 0.909. The van der Waals surface area contributed by atoms with Crippen LogP contribution in [-0.4, -0.2) is 35.3 Å². The summed E-state index contributed by atoms with van der Waals surface area (Å²) in [4.78, 5) is 0. The monoisotopic (exact) mass is 231 g/mol. The van der Waals surface area contributed by atoms with Gasteiger partial charge in [-0.3, -0.25) is 0 Å². The summed E-state index contributed by atoms with van der Waals surface area (Å²) in [5.74, 6) is 0.274. The fourth-order valence-electron chi connectivity index (χ4n) is 1.44. The maximum absolute atomic E-state index is 8.73. The Labute approximate surface area is 97.7 Å². The molecule has 5 nitrogen and oxygen atoms in total. The average molecular weight is 231 g/mol. The summed E-state index contributed by atoms with van der Waals surface area (Å²) < 4.78 is 0. The molecule has 0 bridgehead atoms. The Hall–Kier alpha value is -0.810. The first-order valence-electron chi connectivity index (χ1n) is 5.76. The molecule has 1 atom stereocenters. The van der Waals surface area contributed by atoms with Gasteiger partial charge < -0.3 is 21.4 Å². The molecule has 0 amide bonds. The highest BCUT2D eigenvalue weighted by molar-refractivity contribution is 5.85. The van der Waals surface area contributed by atoms with Crippen molar-refractivity contribution in [2.75, 3.05) is 13.2 Å². The quantitative estimate of drug-likeness (QED) is 0.164. The molecule has 0 radical (unpaired) electrons. The maximum Gasteiger partial charge on any atom is 0.144 e. The van der Waals surface area contributed by atoms with E-state index in [2.05, 4.69) is 10.5 Å². The van der Waals surface area contributed by atoms with E-state index in [0.29, 0.717) is 6.04 Å².